The second-order valence-corrected chi connectivity index (χ2v) is 7.50. The fourth-order valence-electron chi connectivity index (χ4n) is 3.84. The first-order valence-electron chi connectivity index (χ1n) is 9.44. The van der Waals surface area contributed by atoms with E-state index in [4.69, 9.17) is 14.2 Å². The average Bonchev–Trinajstić information content (AvgIpc) is 3.31. The van der Waals surface area contributed by atoms with Crippen LogP contribution in [0.5, 0.6) is 5.75 Å². The highest BCUT2D eigenvalue weighted by Gasteiger charge is 2.54. The number of likely N-dealkylation sites (tertiary alicyclic amines) is 1. The number of hydrogen-bond donors (Lipinski definition) is 0. The van der Waals surface area contributed by atoms with E-state index >= 15 is 0 Å². The second-order valence-electron chi connectivity index (χ2n) is 7.50. The van der Waals surface area contributed by atoms with E-state index < -0.39 is 0 Å². The average molecular weight is 345 g/mol. The Labute approximate surface area is 149 Å². The van der Waals surface area contributed by atoms with Gasteiger partial charge in [0.2, 0.25) is 0 Å². The van der Waals surface area contributed by atoms with Gasteiger partial charge in [-0.2, -0.15) is 0 Å². The van der Waals surface area contributed by atoms with Gasteiger partial charge >= 0.3 is 0 Å². The van der Waals surface area contributed by atoms with E-state index in [0.29, 0.717) is 31.2 Å². The highest BCUT2D eigenvalue weighted by atomic mass is 16.5. The predicted octanol–water partition coefficient (Wildman–Crippen LogP) is 2.74. The third kappa shape index (κ3) is 3.53. The highest BCUT2D eigenvalue weighted by Crippen LogP contribution is 2.41. The van der Waals surface area contributed by atoms with Crippen molar-refractivity contribution >= 4 is 5.91 Å². The van der Waals surface area contributed by atoms with Crippen molar-refractivity contribution in [1.29, 1.82) is 0 Å². The lowest BCUT2D eigenvalue weighted by Crippen LogP contribution is -2.66. The van der Waals surface area contributed by atoms with Crippen LogP contribution in [0.1, 0.15) is 36.5 Å². The van der Waals surface area contributed by atoms with Gasteiger partial charge in [-0.15, -0.1) is 0 Å². The van der Waals surface area contributed by atoms with E-state index in [1.165, 1.54) is 12.8 Å². The molecule has 2 aliphatic heterocycles. The summed E-state index contributed by atoms with van der Waals surface area (Å²) in [7, 11) is 0. The quantitative estimate of drug-likeness (QED) is 0.762. The summed E-state index contributed by atoms with van der Waals surface area (Å²) < 4.78 is 17.4. The molecule has 1 aliphatic carbocycles. The molecule has 1 aromatic carbocycles. The minimum Gasteiger partial charge on any atom is -0.494 e. The van der Waals surface area contributed by atoms with Crippen LogP contribution in [0.15, 0.2) is 24.3 Å². The lowest BCUT2D eigenvalue weighted by molar-refractivity contribution is -0.128. The Kier molecular flexibility index (Phi) is 4.69. The summed E-state index contributed by atoms with van der Waals surface area (Å²) in [5, 5.41) is 0. The molecule has 4 rings (SSSR count). The van der Waals surface area contributed by atoms with Crippen LogP contribution in [-0.2, 0) is 9.47 Å². The van der Waals surface area contributed by atoms with Crippen LogP contribution in [0.2, 0.25) is 0 Å². The molecule has 0 radical (unpaired) electrons. The number of rotatable bonds is 7. The first kappa shape index (κ1) is 16.9. The molecule has 1 saturated carbocycles. The monoisotopic (exact) mass is 345 g/mol. The summed E-state index contributed by atoms with van der Waals surface area (Å²) in [6.45, 7) is 6.30. The Balaban J connectivity index is 1.33. The van der Waals surface area contributed by atoms with Gasteiger partial charge in [0.05, 0.1) is 26.3 Å². The van der Waals surface area contributed by atoms with Crippen LogP contribution in [0.25, 0.3) is 0 Å². The molecule has 0 aromatic heterocycles. The normalized spacial score (nSPS) is 24.4. The van der Waals surface area contributed by atoms with Gasteiger partial charge < -0.3 is 19.1 Å². The molecule has 2 saturated heterocycles. The van der Waals surface area contributed by atoms with Crippen molar-refractivity contribution in [3.05, 3.63) is 29.8 Å². The standard InChI is InChI=1S/C20H27NO4/c1-2-24-18-5-3-4-16(10-18)19(22)21-13-20(14-21)17(8-9-25-20)12-23-11-15-6-7-15/h3-5,10,15,17H,2,6-9,11-14H2,1H3/t17-/m0/s1. The van der Waals surface area contributed by atoms with Crippen molar-refractivity contribution < 1.29 is 19.0 Å². The Morgan fingerprint density at radius 3 is 2.88 bits per heavy atom. The largest absolute Gasteiger partial charge is 0.494 e. The van der Waals surface area contributed by atoms with E-state index in [9.17, 15) is 4.79 Å². The zero-order chi connectivity index (χ0) is 17.3. The fourth-order valence-corrected chi connectivity index (χ4v) is 3.84. The maximum Gasteiger partial charge on any atom is 0.254 e. The minimum atomic E-state index is -0.184. The molecule has 1 spiro atoms. The van der Waals surface area contributed by atoms with Gasteiger partial charge in [0.15, 0.2) is 0 Å². The molecule has 1 amide bonds. The van der Waals surface area contributed by atoms with Crippen LogP contribution in [0, 0.1) is 11.8 Å². The molecule has 2 heterocycles. The van der Waals surface area contributed by atoms with Crippen LogP contribution in [0.4, 0.5) is 0 Å². The van der Waals surface area contributed by atoms with Gasteiger partial charge in [0.1, 0.15) is 11.4 Å². The number of nitrogens with zero attached hydrogens (tertiary/aromatic N) is 1. The molecule has 0 unspecified atom stereocenters. The molecule has 0 N–H and O–H groups in total. The Morgan fingerprint density at radius 1 is 1.28 bits per heavy atom. The van der Waals surface area contributed by atoms with E-state index in [1.807, 2.05) is 36.1 Å². The second kappa shape index (κ2) is 6.96. The van der Waals surface area contributed by atoms with Crippen molar-refractivity contribution in [2.45, 2.75) is 31.8 Å². The number of amides is 1. The summed E-state index contributed by atoms with van der Waals surface area (Å²) >= 11 is 0. The van der Waals surface area contributed by atoms with Gasteiger partial charge in [-0.05, 0) is 50.3 Å². The van der Waals surface area contributed by atoms with Gasteiger partial charge in [-0.3, -0.25) is 4.79 Å². The minimum absolute atomic E-state index is 0.0559. The fraction of sp³-hybridized carbons (Fsp3) is 0.650. The third-order valence-corrected chi connectivity index (χ3v) is 5.57. The van der Waals surface area contributed by atoms with Crippen LogP contribution in [-0.4, -0.2) is 55.9 Å². The highest BCUT2D eigenvalue weighted by molar-refractivity contribution is 5.95. The molecule has 1 aromatic rings. The molecule has 5 nitrogen and oxygen atoms in total. The zero-order valence-corrected chi connectivity index (χ0v) is 14.9. The number of carbonyl (C=O) groups excluding carboxylic acids is 1. The lowest BCUT2D eigenvalue weighted by atomic mass is 9.81. The number of benzene rings is 1. The van der Waals surface area contributed by atoms with Gasteiger partial charge in [-0.1, -0.05) is 6.07 Å². The topological polar surface area (TPSA) is 48.0 Å². The number of ether oxygens (including phenoxy) is 3. The van der Waals surface area contributed by atoms with Crippen molar-refractivity contribution in [3.8, 4) is 5.75 Å². The maximum atomic E-state index is 12.7. The molecule has 3 fully saturated rings. The van der Waals surface area contributed by atoms with Gasteiger partial charge in [0, 0.05) is 24.7 Å². The molecular weight excluding hydrogens is 318 g/mol. The van der Waals surface area contributed by atoms with E-state index in [0.717, 1.165) is 37.9 Å². The first-order valence-corrected chi connectivity index (χ1v) is 9.44. The summed E-state index contributed by atoms with van der Waals surface area (Å²) in [6, 6.07) is 7.42. The van der Waals surface area contributed by atoms with Crippen molar-refractivity contribution in [2.24, 2.45) is 11.8 Å². The molecule has 5 heteroatoms. The predicted molar refractivity (Wildman–Crippen MR) is 93.8 cm³/mol. The first-order chi connectivity index (χ1) is 12.2. The Morgan fingerprint density at radius 2 is 2.12 bits per heavy atom. The summed E-state index contributed by atoms with van der Waals surface area (Å²) in [5.74, 6) is 1.99. The van der Waals surface area contributed by atoms with E-state index in [-0.39, 0.29) is 11.5 Å². The zero-order valence-electron chi connectivity index (χ0n) is 14.9. The maximum absolute atomic E-state index is 12.7. The molecule has 136 valence electrons. The van der Waals surface area contributed by atoms with Crippen molar-refractivity contribution in [2.75, 3.05) is 39.5 Å². The van der Waals surface area contributed by atoms with Crippen LogP contribution in [0.3, 0.4) is 0 Å². The Hall–Kier alpha value is -1.59. The summed E-state index contributed by atoms with van der Waals surface area (Å²) in [5.41, 5.74) is 0.497. The van der Waals surface area contributed by atoms with Crippen LogP contribution < -0.4 is 4.74 Å². The third-order valence-electron chi connectivity index (χ3n) is 5.57. The molecule has 1 atom stereocenters. The molecule has 0 bridgehead atoms. The van der Waals surface area contributed by atoms with Gasteiger partial charge in [0.25, 0.3) is 5.91 Å². The molecular formula is C20H27NO4. The lowest BCUT2D eigenvalue weighted by Gasteiger charge is -2.50. The van der Waals surface area contributed by atoms with Crippen LogP contribution >= 0.6 is 0 Å². The smallest absolute Gasteiger partial charge is 0.254 e. The Bertz CT molecular complexity index is 622. The number of carbonyl (C=O) groups is 1. The van der Waals surface area contributed by atoms with E-state index in [2.05, 4.69) is 0 Å². The molecule has 3 aliphatic rings. The summed E-state index contributed by atoms with van der Waals surface area (Å²) in [6.07, 6.45) is 3.66. The summed E-state index contributed by atoms with van der Waals surface area (Å²) in [4.78, 5) is 14.6. The SMILES string of the molecule is CCOc1cccc(C(=O)N2CC3(C2)OCC[C@H]3COCC2CC2)c1. The van der Waals surface area contributed by atoms with E-state index in [1.54, 1.807) is 0 Å². The number of hydrogen-bond acceptors (Lipinski definition) is 4. The molecule has 25 heavy (non-hydrogen) atoms. The van der Waals surface area contributed by atoms with Crippen molar-refractivity contribution in [3.63, 3.8) is 0 Å². The van der Waals surface area contributed by atoms with Gasteiger partial charge in [-0.25, -0.2) is 0 Å². The van der Waals surface area contributed by atoms with Crippen molar-refractivity contribution in [1.82, 2.24) is 4.90 Å².